The second-order valence-corrected chi connectivity index (χ2v) is 7.37. The number of rotatable bonds is 4. The third-order valence-corrected chi connectivity index (χ3v) is 5.42. The Labute approximate surface area is 146 Å². The summed E-state index contributed by atoms with van der Waals surface area (Å²) in [6.07, 6.45) is 4.10. The van der Waals surface area contributed by atoms with Gasteiger partial charge in [0.05, 0.1) is 0 Å². The summed E-state index contributed by atoms with van der Waals surface area (Å²) in [5.74, 6) is 0.173. The molecule has 0 bridgehead atoms. The molecular formula is C18H23BrN2O2. The van der Waals surface area contributed by atoms with Crippen LogP contribution in [0.3, 0.4) is 0 Å². The van der Waals surface area contributed by atoms with Crippen LogP contribution in [0.5, 0.6) is 0 Å². The van der Waals surface area contributed by atoms with Gasteiger partial charge in [-0.15, -0.1) is 0 Å². The highest BCUT2D eigenvalue weighted by molar-refractivity contribution is 9.10. The fraction of sp³-hybridized carbons (Fsp3) is 0.556. The highest BCUT2D eigenvalue weighted by Crippen LogP contribution is 2.22. The summed E-state index contributed by atoms with van der Waals surface area (Å²) in [5.41, 5.74) is 0.679. The molecule has 124 valence electrons. The molecule has 2 saturated heterocycles. The molecular weight excluding hydrogens is 356 g/mol. The summed E-state index contributed by atoms with van der Waals surface area (Å²) in [6.45, 7) is 3.95. The molecule has 1 atom stereocenters. The molecule has 2 fully saturated rings. The minimum atomic E-state index is 0.0446. The van der Waals surface area contributed by atoms with Gasteiger partial charge in [0.1, 0.15) is 0 Å². The van der Waals surface area contributed by atoms with Crippen molar-refractivity contribution >= 4 is 27.6 Å². The SMILES string of the molecule is O=C(CCC(=O)N1CCCN2CCCC2C1)c1ccc(Br)cc1. The lowest BCUT2D eigenvalue weighted by molar-refractivity contribution is -0.131. The third kappa shape index (κ3) is 4.21. The lowest BCUT2D eigenvalue weighted by Gasteiger charge is -2.25. The average molecular weight is 379 g/mol. The van der Waals surface area contributed by atoms with Crippen molar-refractivity contribution in [1.82, 2.24) is 9.80 Å². The molecule has 0 aliphatic carbocycles. The van der Waals surface area contributed by atoms with Crippen molar-refractivity contribution in [1.29, 1.82) is 0 Å². The normalized spacial score (nSPS) is 21.8. The van der Waals surface area contributed by atoms with Crippen LogP contribution in [0.1, 0.15) is 42.5 Å². The first-order chi connectivity index (χ1) is 11.1. The first-order valence-electron chi connectivity index (χ1n) is 8.44. The first-order valence-corrected chi connectivity index (χ1v) is 9.23. The third-order valence-electron chi connectivity index (χ3n) is 4.89. The number of halogens is 1. The van der Waals surface area contributed by atoms with Gasteiger partial charge >= 0.3 is 0 Å². The minimum absolute atomic E-state index is 0.0446. The Balaban J connectivity index is 1.52. The molecule has 0 spiro atoms. The minimum Gasteiger partial charge on any atom is -0.341 e. The van der Waals surface area contributed by atoms with E-state index >= 15 is 0 Å². The highest BCUT2D eigenvalue weighted by atomic mass is 79.9. The van der Waals surface area contributed by atoms with Crippen LogP contribution < -0.4 is 0 Å². The van der Waals surface area contributed by atoms with E-state index in [4.69, 9.17) is 0 Å². The number of carbonyl (C=O) groups excluding carboxylic acids is 2. The molecule has 2 aliphatic heterocycles. The van der Waals surface area contributed by atoms with Crippen LogP contribution in [0.2, 0.25) is 0 Å². The van der Waals surface area contributed by atoms with Crippen LogP contribution in [0.25, 0.3) is 0 Å². The zero-order valence-electron chi connectivity index (χ0n) is 13.3. The van der Waals surface area contributed by atoms with Crippen molar-refractivity contribution in [2.75, 3.05) is 26.2 Å². The fourth-order valence-corrected chi connectivity index (χ4v) is 3.86. The maximum Gasteiger partial charge on any atom is 0.223 e. The molecule has 1 amide bonds. The molecule has 2 heterocycles. The number of hydrogen-bond acceptors (Lipinski definition) is 3. The van der Waals surface area contributed by atoms with Crippen molar-refractivity contribution in [3.05, 3.63) is 34.3 Å². The molecule has 1 aromatic carbocycles. The monoisotopic (exact) mass is 378 g/mol. The Kier molecular flexibility index (Phi) is 5.49. The van der Waals surface area contributed by atoms with E-state index in [1.807, 2.05) is 17.0 Å². The maximum atomic E-state index is 12.5. The lowest BCUT2D eigenvalue weighted by atomic mass is 10.1. The summed E-state index contributed by atoms with van der Waals surface area (Å²) in [6, 6.07) is 7.86. The standard InChI is InChI=1S/C18H23BrN2O2/c19-15-6-4-14(5-7-15)17(22)8-9-18(23)21-12-2-11-20-10-1-3-16(20)13-21/h4-7,16H,1-3,8-13H2. The van der Waals surface area contributed by atoms with Gasteiger partial charge < -0.3 is 4.90 Å². The van der Waals surface area contributed by atoms with Crippen molar-refractivity contribution in [2.45, 2.75) is 38.1 Å². The summed E-state index contributed by atoms with van der Waals surface area (Å²) >= 11 is 3.36. The predicted molar refractivity (Wildman–Crippen MR) is 93.5 cm³/mol. The van der Waals surface area contributed by atoms with Crippen molar-refractivity contribution < 1.29 is 9.59 Å². The lowest BCUT2D eigenvalue weighted by Crippen LogP contribution is -2.39. The predicted octanol–water partition coefficient (Wildman–Crippen LogP) is 3.11. The van der Waals surface area contributed by atoms with Crippen LogP contribution in [0.4, 0.5) is 0 Å². The number of hydrogen-bond donors (Lipinski definition) is 0. The summed E-state index contributed by atoms with van der Waals surface area (Å²) < 4.78 is 0.954. The van der Waals surface area contributed by atoms with E-state index in [2.05, 4.69) is 20.8 Å². The van der Waals surface area contributed by atoms with Crippen molar-refractivity contribution in [3.8, 4) is 0 Å². The van der Waals surface area contributed by atoms with Gasteiger partial charge in [-0.2, -0.15) is 0 Å². The van der Waals surface area contributed by atoms with Crippen LogP contribution in [-0.4, -0.2) is 53.7 Å². The topological polar surface area (TPSA) is 40.6 Å². The van der Waals surface area contributed by atoms with Crippen LogP contribution in [-0.2, 0) is 4.79 Å². The van der Waals surface area contributed by atoms with Gasteiger partial charge in [-0.3, -0.25) is 14.5 Å². The Bertz CT molecular complexity index is 573. The van der Waals surface area contributed by atoms with E-state index < -0.39 is 0 Å². The molecule has 0 saturated carbocycles. The smallest absolute Gasteiger partial charge is 0.223 e. The van der Waals surface area contributed by atoms with E-state index in [9.17, 15) is 9.59 Å². The number of benzene rings is 1. The quantitative estimate of drug-likeness (QED) is 0.755. The van der Waals surface area contributed by atoms with Gasteiger partial charge in [0.15, 0.2) is 5.78 Å². The number of Topliss-reactive ketones (excluding diaryl/α,β-unsaturated/α-hetero) is 1. The Morgan fingerprint density at radius 2 is 1.78 bits per heavy atom. The summed E-state index contributed by atoms with van der Waals surface area (Å²) in [5, 5.41) is 0. The molecule has 4 nitrogen and oxygen atoms in total. The highest BCUT2D eigenvalue weighted by Gasteiger charge is 2.30. The first kappa shape index (κ1) is 16.7. The average Bonchev–Trinajstić information content (AvgIpc) is 2.89. The van der Waals surface area contributed by atoms with E-state index in [0.717, 1.165) is 30.5 Å². The van der Waals surface area contributed by atoms with E-state index in [1.165, 1.54) is 19.4 Å². The second kappa shape index (κ2) is 7.58. The van der Waals surface area contributed by atoms with Gasteiger partial charge in [-0.05, 0) is 37.9 Å². The van der Waals surface area contributed by atoms with Crippen molar-refractivity contribution in [3.63, 3.8) is 0 Å². The molecule has 2 aliphatic rings. The van der Waals surface area contributed by atoms with Gasteiger partial charge in [-0.25, -0.2) is 0 Å². The second-order valence-electron chi connectivity index (χ2n) is 6.46. The van der Waals surface area contributed by atoms with E-state index in [0.29, 0.717) is 24.4 Å². The summed E-state index contributed by atoms with van der Waals surface area (Å²) in [7, 11) is 0. The van der Waals surface area contributed by atoms with Crippen molar-refractivity contribution in [2.24, 2.45) is 0 Å². The van der Waals surface area contributed by atoms with E-state index in [1.54, 1.807) is 12.1 Å². The number of ketones is 1. The van der Waals surface area contributed by atoms with Gasteiger partial charge in [0, 0.05) is 48.6 Å². The molecule has 23 heavy (non-hydrogen) atoms. The molecule has 0 radical (unpaired) electrons. The Morgan fingerprint density at radius 3 is 2.57 bits per heavy atom. The van der Waals surface area contributed by atoms with Crippen LogP contribution >= 0.6 is 15.9 Å². The molecule has 0 N–H and O–H groups in total. The summed E-state index contributed by atoms with van der Waals surface area (Å²) in [4.78, 5) is 29.2. The van der Waals surface area contributed by atoms with E-state index in [-0.39, 0.29) is 11.7 Å². The zero-order chi connectivity index (χ0) is 16.2. The number of nitrogens with zero attached hydrogens (tertiary/aromatic N) is 2. The molecule has 5 heteroatoms. The molecule has 0 aromatic heterocycles. The Hall–Kier alpha value is -1.20. The molecule has 1 aromatic rings. The Morgan fingerprint density at radius 1 is 1.04 bits per heavy atom. The molecule has 1 unspecified atom stereocenters. The number of amides is 1. The van der Waals surface area contributed by atoms with Gasteiger partial charge in [0.25, 0.3) is 0 Å². The zero-order valence-corrected chi connectivity index (χ0v) is 14.9. The maximum absolute atomic E-state index is 12.5. The number of fused-ring (bicyclic) bond motifs is 1. The van der Waals surface area contributed by atoms with Gasteiger partial charge in [0.2, 0.25) is 5.91 Å². The van der Waals surface area contributed by atoms with Crippen LogP contribution in [0.15, 0.2) is 28.7 Å². The number of carbonyl (C=O) groups is 2. The molecule has 3 rings (SSSR count). The van der Waals surface area contributed by atoms with Crippen LogP contribution in [0, 0.1) is 0 Å². The largest absolute Gasteiger partial charge is 0.341 e. The fourth-order valence-electron chi connectivity index (χ4n) is 3.59. The van der Waals surface area contributed by atoms with Gasteiger partial charge in [-0.1, -0.05) is 28.1 Å².